The molecule has 0 aliphatic carbocycles. The van der Waals surface area contributed by atoms with E-state index in [2.05, 4.69) is 5.32 Å². The van der Waals surface area contributed by atoms with Crippen molar-refractivity contribution in [2.45, 2.75) is 26.4 Å². The van der Waals surface area contributed by atoms with Crippen LogP contribution in [0.3, 0.4) is 0 Å². The van der Waals surface area contributed by atoms with E-state index in [1.807, 2.05) is 0 Å². The molecule has 7 nitrogen and oxygen atoms in total. The van der Waals surface area contributed by atoms with Crippen LogP contribution in [0, 0.1) is 0 Å². The lowest BCUT2D eigenvalue weighted by Gasteiger charge is -2.17. The summed E-state index contributed by atoms with van der Waals surface area (Å²) in [4.78, 5) is 49.4. The van der Waals surface area contributed by atoms with Crippen molar-refractivity contribution >= 4 is 23.6 Å². The van der Waals surface area contributed by atoms with E-state index in [1.54, 1.807) is 38.1 Å². The fraction of sp³-hybridized carbons (Fsp3) is 0.200. The fourth-order valence-corrected chi connectivity index (χ4v) is 2.94. The van der Waals surface area contributed by atoms with Crippen molar-refractivity contribution in [2.75, 3.05) is 0 Å². The molecule has 0 saturated heterocycles. The number of hydrogen-bond acceptors (Lipinski definition) is 4. The Hall–Kier alpha value is -3.48. The second kappa shape index (κ2) is 7.03. The number of amides is 4. The Bertz CT molecular complexity index is 948. The number of nitrogens with zero attached hydrogens (tertiary/aromatic N) is 1. The van der Waals surface area contributed by atoms with Crippen LogP contribution in [-0.2, 0) is 6.54 Å². The average Bonchev–Trinajstić information content (AvgIpc) is 2.90. The summed E-state index contributed by atoms with van der Waals surface area (Å²) < 4.78 is 0. The summed E-state index contributed by atoms with van der Waals surface area (Å²) in [6, 6.07) is 10.8. The SMILES string of the molecule is CC(C)N1C(=O)c2ccc(C(=O)NCc3ccc(C(N)=O)cc3)cc2C1=O. The Morgan fingerprint density at radius 3 is 2.15 bits per heavy atom. The first-order chi connectivity index (χ1) is 12.8. The second-order valence-corrected chi connectivity index (χ2v) is 6.58. The highest BCUT2D eigenvalue weighted by molar-refractivity contribution is 6.22. The highest BCUT2D eigenvalue weighted by atomic mass is 16.2. The smallest absolute Gasteiger partial charge is 0.261 e. The molecule has 0 bridgehead atoms. The van der Waals surface area contributed by atoms with Crippen molar-refractivity contribution in [2.24, 2.45) is 5.73 Å². The molecule has 2 aromatic rings. The number of primary amides is 1. The number of nitrogens with two attached hydrogens (primary N) is 1. The lowest BCUT2D eigenvalue weighted by atomic mass is 10.1. The average molecular weight is 365 g/mol. The number of imide groups is 1. The van der Waals surface area contributed by atoms with Crippen LogP contribution in [0.2, 0.25) is 0 Å². The summed E-state index contributed by atoms with van der Waals surface area (Å²) in [6.07, 6.45) is 0. The molecule has 27 heavy (non-hydrogen) atoms. The molecular formula is C20H19N3O4. The Labute approximate surface area is 156 Å². The van der Waals surface area contributed by atoms with Gasteiger partial charge in [-0.3, -0.25) is 24.1 Å². The molecule has 0 atom stereocenters. The van der Waals surface area contributed by atoms with Gasteiger partial charge in [0, 0.05) is 23.7 Å². The predicted octanol–water partition coefficient (Wildman–Crippen LogP) is 1.72. The first-order valence-corrected chi connectivity index (χ1v) is 8.48. The van der Waals surface area contributed by atoms with Gasteiger partial charge in [-0.25, -0.2) is 0 Å². The van der Waals surface area contributed by atoms with Gasteiger partial charge < -0.3 is 11.1 Å². The standard InChI is InChI=1S/C20H19N3O4/c1-11(2)23-19(26)15-8-7-14(9-16(15)20(23)27)18(25)22-10-12-3-5-13(6-4-12)17(21)24/h3-9,11H,10H2,1-2H3,(H2,21,24)(H,22,25). The number of benzene rings is 2. The first-order valence-electron chi connectivity index (χ1n) is 8.48. The van der Waals surface area contributed by atoms with Crippen LogP contribution in [0.1, 0.15) is 60.8 Å². The third-order valence-electron chi connectivity index (χ3n) is 4.39. The number of nitrogens with one attached hydrogen (secondary N) is 1. The van der Waals surface area contributed by atoms with E-state index in [1.165, 1.54) is 23.1 Å². The number of fused-ring (bicyclic) bond motifs is 1. The Kier molecular flexibility index (Phi) is 4.77. The number of carbonyl (C=O) groups excluding carboxylic acids is 4. The van der Waals surface area contributed by atoms with Crippen LogP contribution < -0.4 is 11.1 Å². The number of rotatable bonds is 5. The summed E-state index contributed by atoms with van der Waals surface area (Å²) in [7, 11) is 0. The topological polar surface area (TPSA) is 110 Å². The van der Waals surface area contributed by atoms with Gasteiger partial charge in [0.2, 0.25) is 5.91 Å². The van der Waals surface area contributed by atoms with Crippen LogP contribution in [0.15, 0.2) is 42.5 Å². The van der Waals surface area contributed by atoms with Gasteiger partial charge in [-0.2, -0.15) is 0 Å². The minimum absolute atomic E-state index is 0.243. The summed E-state index contributed by atoms with van der Waals surface area (Å²) in [5, 5.41) is 2.75. The molecule has 0 saturated carbocycles. The molecule has 7 heteroatoms. The van der Waals surface area contributed by atoms with Crippen LogP contribution in [0.5, 0.6) is 0 Å². The number of carbonyl (C=O) groups is 4. The van der Waals surface area contributed by atoms with E-state index < -0.39 is 5.91 Å². The summed E-state index contributed by atoms with van der Waals surface area (Å²) in [5.41, 5.74) is 7.24. The molecule has 1 heterocycles. The van der Waals surface area contributed by atoms with E-state index in [9.17, 15) is 19.2 Å². The monoisotopic (exact) mass is 365 g/mol. The minimum atomic E-state index is -0.515. The first kappa shape index (κ1) is 18.3. The maximum atomic E-state index is 12.4. The van der Waals surface area contributed by atoms with Crippen molar-refractivity contribution in [3.63, 3.8) is 0 Å². The summed E-state index contributed by atoms with van der Waals surface area (Å²) >= 11 is 0. The highest BCUT2D eigenvalue weighted by Gasteiger charge is 2.37. The minimum Gasteiger partial charge on any atom is -0.366 e. The van der Waals surface area contributed by atoms with Crippen molar-refractivity contribution in [3.05, 3.63) is 70.3 Å². The molecule has 0 radical (unpaired) electrons. The maximum Gasteiger partial charge on any atom is 0.261 e. The second-order valence-electron chi connectivity index (χ2n) is 6.58. The molecule has 0 aromatic heterocycles. The van der Waals surface area contributed by atoms with Gasteiger partial charge in [0.1, 0.15) is 0 Å². The van der Waals surface area contributed by atoms with Gasteiger partial charge in [0.15, 0.2) is 0 Å². The van der Waals surface area contributed by atoms with Gasteiger partial charge in [0.05, 0.1) is 11.1 Å². The molecule has 1 aliphatic heterocycles. The zero-order valence-corrected chi connectivity index (χ0v) is 15.0. The Balaban J connectivity index is 1.73. The van der Waals surface area contributed by atoms with Crippen LogP contribution in [0.25, 0.3) is 0 Å². The molecule has 0 spiro atoms. The summed E-state index contributed by atoms with van der Waals surface area (Å²) in [6.45, 7) is 3.78. The lowest BCUT2D eigenvalue weighted by Crippen LogP contribution is -2.35. The van der Waals surface area contributed by atoms with Crippen LogP contribution in [-0.4, -0.2) is 34.6 Å². The molecule has 3 N–H and O–H groups in total. The van der Waals surface area contributed by atoms with Crippen LogP contribution >= 0.6 is 0 Å². The van der Waals surface area contributed by atoms with Gasteiger partial charge in [-0.15, -0.1) is 0 Å². The van der Waals surface area contributed by atoms with E-state index in [4.69, 9.17) is 5.73 Å². The van der Waals surface area contributed by atoms with Gasteiger partial charge in [-0.05, 0) is 49.7 Å². The number of hydrogen-bond donors (Lipinski definition) is 2. The van der Waals surface area contributed by atoms with Crippen molar-refractivity contribution in [1.82, 2.24) is 10.2 Å². The molecule has 2 aromatic carbocycles. The molecule has 0 unspecified atom stereocenters. The Morgan fingerprint density at radius 1 is 0.963 bits per heavy atom. The molecule has 3 rings (SSSR count). The van der Waals surface area contributed by atoms with E-state index in [0.29, 0.717) is 16.7 Å². The molecule has 1 aliphatic rings. The zero-order valence-electron chi connectivity index (χ0n) is 15.0. The van der Waals surface area contributed by atoms with Gasteiger partial charge in [-0.1, -0.05) is 12.1 Å². The quantitative estimate of drug-likeness (QED) is 0.786. The zero-order chi connectivity index (χ0) is 19.7. The van der Waals surface area contributed by atoms with E-state index in [0.717, 1.165) is 5.56 Å². The van der Waals surface area contributed by atoms with Crippen LogP contribution in [0.4, 0.5) is 0 Å². The molecular weight excluding hydrogens is 346 g/mol. The molecule has 138 valence electrons. The molecule has 4 amide bonds. The van der Waals surface area contributed by atoms with Crippen molar-refractivity contribution in [3.8, 4) is 0 Å². The Morgan fingerprint density at radius 2 is 1.56 bits per heavy atom. The van der Waals surface area contributed by atoms with E-state index in [-0.39, 0.29) is 35.9 Å². The normalized spacial score (nSPS) is 13.1. The van der Waals surface area contributed by atoms with E-state index >= 15 is 0 Å². The van der Waals surface area contributed by atoms with Gasteiger partial charge in [0.25, 0.3) is 17.7 Å². The summed E-state index contributed by atoms with van der Waals surface area (Å²) in [5.74, 6) is -1.61. The molecule has 0 fully saturated rings. The third-order valence-corrected chi connectivity index (χ3v) is 4.39. The third kappa shape index (κ3) is 3.44. The van der Waals surface area contributed by atoms with Gasteiger partial charge >= 0.3 is 0 Å². The van der Waals surface area contributed by atoms with Crippen molar-refractivity contribution in [1.29, 1.82) is 0 Å². The predicted molar refractivity (Wildman–Crippen MR) is 98.2 cm³/mol. The fourth-order valence-electron chi connectivity index (χ4n) is 2.94. The highest BCUT2D eigenvalue weighted by Crippen LogP contribution is 2.25. The maximum absolute atomic E-state index is 12.4. The lowest BCUT2D eigenvalue weighted by molar-refractivity contribution is 0.0608. The van der Waals surface area contributed by atoms with Crippen molar-refractivity contribution < 1.29 is 19.2 Å². The largest absolute Gasteiger partial charge is 0.366 e.